The quantitative estimate of drug-likeness (QED) is 0.476. The monoisotopic (exact) mass is 511 g/mol. The zero-order chi connectivity index (χ0) is 23.1. The van der Waals surface area contributed by atoms with Gasteiger partial charge in [-0.15, -0.1) is 0 Å². The molecule has 3 rings (SSSR count). The molecule has 0 saturated heterocycles. The number of halogens is 1. The maximum atomic E-state index is 13.3. The summed E-state index contributed by atoms with van der Waals surface area (Å²) >= 11 is 3.37. The molecule has 8 heteroatoms. The van der Waals surface area contributed by atoms with Gasteiger partial charge in [0.05, 0.1) is 23.9 Å². The lowest BCUT2D eigenvalue weighted by molar-refractivity contribution is -0.116. The Morgan fingerprint density at radius 3 is 2.16 bits per heavy atom. The normalized spacial score (nSPS) is 11.2. The molecule has 0 aromatic heterocycles. The predicted molar refractivity (Wildman–Crippen MR) is 127 cm³/mol. The van der Waals surface area contributed by atoms with Crippen molar-refractivity contribution in [2.24, 2.45) is 0 Å². The van der Waals surface area contributed by atoms with Crippen molar-refractivity contribution in [3.8, 4) is 6.07 Å². The van der Waals surface area contributed by atoms with Crippen molar-refractivity contribution in [2.75, 3.05) is 11.9 Å². The standard InChI is InChI=1S/C24H22BrN3O3S/c1-18-2-12-23(13-3-18)32(30,31)28(16-20-4-8-21(25)9-5-20)17-24(29)27-22-10-6-19(7-11-22)14-15-26/h2-13H,14,16-17H2,1H3,(H,27,29). The van der Waals surface area contributed by atoms with Gasteiger partial charge in [0.15, 0.2) is 0 Å². The second-order valence-corrected chi connectivity index (χ2v) is 10.1. The van der Waals surface area contributed by atoms with Gasteiger partial charge >= 0.3 is 0 Å². The van der Waals surface area contributed by atoms with Gasteiger partial charge in [-0.2, -0.15) is 9.57 Å². The van der Waals surface area contributed by atoms with E-state index in [1.807, 2.05) is 31.2 Å². The summed E-state index contributed by atoms with van der Waals surface area (Å²) in [4.78, 5) is 12.9. The van der Waals surface area contributed by atoms with Gasteiger partial charge in [-0.25, -0.2) is 8.42 Å². The van der Waals surface area contributed by atoms with Crippen molar-refractivity contribution >= 4 is 37.5 Å². The predicted octanol–water partition coefficient (Wildman–Crippen LogP) is 4.65. The number of nitriles is 1. The summed E-state index contributed by atoms with van der Waals surface area (Å²) in [5.41, 5.74) is 3.08. The number of aryl methyl sites for hydroxylation is 1. The molecule has 0 saturated carbocycles. The fourth-order valence-electron chi connectivity index (χ4n) is 3.04. The Bertz CT molecular complexity index is 1220. The molecule has 0 aliphatic carbocycles. The molecule has 3 aromatic carbocycles. The first kappa shape index (κ1) is 23.7. The minimum atomic E-state index is -3.90. The Labute approximate surface area is 196 Å². The summed E-state index contributed by atoms with van der Waals surface area (Å²) in [6.45, 7) is 1.59. The van der Waals surface area contributed by atoms with Crippen LogP contribution in [0.25, 0.3) is 0 Å². The van der Waals surface area contributed by atoms with Gasteiger partial charge in [-0.05, 0) is 54.4 Å². The Morgan fingerprint density at radius 1 is 0.969 bits per heavy atom. The van der Waals surface area contributed by atoms with Crippen LogP contribution >= 0.6 is 15.9 Å². The first-order valence-corrected chi connectivity index (χ1v) is 12.1. The lowest BCUT2D eigenvalue weighted by atomic mass is 10.1. The molecule has 1 N–H and O–H groups in total. The van der Waals surface area contributed by atoms with Crippen LogP contribution in [-0.4, -0.2) is 25.2 Å². The molecule has 6 nitrogen and oxygen atoms in total. The van der Waals surface area contributed by atoms with E-state index in [4.69, 9.17) is 5.26 Å². The molecule has 3 aromatic rings. The molecule has 0 radical (unpaired) electrons. The third-order valence-electron chi connectivity index (χ3n) is 4.77. The summed E-state index contributed by atoms with van der Waals surface area (Å²) in [6, 6.07) is 22.8. The van der Waals surface area contributed by atoms with E-state index in [9.17, 15) is 13.2 Å². The van der Waals surface area contributed by atoms with Gasteiger partial charge in [-0.1, -0.05) is 57.9 Å². The molecule has 1 amide bonds. The summed E-state index contributed by atoms with van der Waals surface area (Å²) in [5, 5.41) is 11.5. The molecular formula is C24H22BrN3O3S. The molecule has 0 aliphatic heterocycles. The van der Waals surface area contributed by atoms with Crippen LogP contribution in [0.15, 0.2) is 82.2 Å². The zero-order valence-corrected chi connectivity index (χ0v) is 19.9. The SMILES string of the molecule is Cc1ccc(S(=O)(=O)N(CC(=O)Nc2ccc(CC#N)cc2)Cc2ccc(Br)cc2)cc1. The number of carbonyl (C=O) groups excluding carboxylic acids is 1. The summed E-state index contributed by atoms with van der Waals surface area (Å²) in [7, 11) is -3.90. The highest BCUT2D eigenvalue weighted by molar-refractivity contribution is 9.10. The average Bonchev–Trinajstić information content (AvgIpc) is 2.76. The van der Waals surface area contributed by atoms with Gasteiger partial charge in [0.25, 0.3) is 0 Å². The van der Waals surface area contributed by atoms with E-state index in [1.165, 1.54) is 4.31 Å². The number of anilines is 1. The number of nitrogens with one attached hydrogen (secondary N) is 1. The first-order chi connectivity index (χ1) is 15.3. The fourth-order valence-corrected chi connectivity index (χ4v) is 4.69. The topological polar surface area (TPSA) is 90.3 Å². The van der Waals surface area contributed by atoms with Crippen molar-refractivity contribution in [1.29, 1.82) is 5.26 Å². The second-order valence-electron chi connectivity index (χ2n) is 7.29. The molecule has 32 heavy (non-hydrogen) atoms. The lowest BCUT2D eigenvalue weighted by Gasteiger charge is -2.22. The van der Waals surface area contributed by atoms with E-state index in [-0.39, 0.29) is 24.4 Å². The van der Waals surface area contributed by atoms with E-state index in [0.29, 0.717) is 5.69 Å². The fraction of sp³-hybridized carbons (Fsp3) is 0.167. The number of hydrogen-bond donors (Lipinski definition) is 1. The Hall–Kier alpha value is -2.99. The lowest BCUT2D eigenvalue weighted by Crippen LogP contribution is -2.37. The van der Waals surface area contributed by atoms with E-state index < -0.39 is 15.9 Å². The van der Waals surface area contributed by atoms with E-state index in [0.717, 1.165) is 21.2 Å². The third kappa shape index (κ3) is 6.26. The van der Waals surface area contributed by atoms with Crippen molar-refractivity contribution < 1.29 is 13.2 Å². The van der Waals surface area contributed by atoms with Crippen LogP contribution < -0.4 is 5.32 Å². The summed E-state index contributed by atoms with van der Waals surface area (Å²) in [6.07, 6.45) is 0.282. The van der Waals surface area contributed by atoms with Gasteiger partial charge in [0, 0.05) is 16.7 Å². The number of hydrogen-bond acceptors (Lipinski definition) is 4. The molecule has 0 fully saturated rings. The van der Waals surface area contributed by atoms with E-state index >= 15 is 0 Å². The smallest absolute Gasteiger partial charge is 0.243 e. The minimum Gasteiger partial charge on any atom is -0.325 e. The summed E-state index contributed by atoms with van der Waals surface area (Å²) in [5.74, 6) is -0.453. The van der Waals surface area contributed by atoms with E-state index in [2.05, 4.69) is 27.3 Å². The Kier molecular flexibility index (Phi) is 7.80. The van der Waals surface area contributed by atoms with Crippen molar-refractivity contribution in [3.63, 3.8) is 0 Å². The molecule has 0 heterocycles. The molecule has 0 atom stereocenters. The molecule has 164 valence electrons. The maximum Gasteiger partial charge on any atom is 0.243 e. The molecular weight excluding hydrogens is 490 g/mol. The highest BCUT2D eigenvalue weighted by atomic mass is 79.9. The molecule has 0 unspecified atom stereocenters. The van der Waals surface area contributed by atoms with Gasteiger partial charge < -0.3 is 5.32 Å². The number of rotatable bonds is 8. The number of carbonyl (C=O) groups is 1. The number of nitrogens with zero attached hydrogens (tertiary/aromatic N) is 2. The molecule has 0 spiro atoms. The van der Waals surface area contributed by atoms with Crippen molar-refractivity contribution in [3.05, 3.63) is 94.0 Å². The molecule has 0 bridgehead atoms. The third-order valence-corrected chi connectivity index (χ3v) is 7.11. The van der Waals surface area contributed by atoms with Crippen LogP contribution in [-0.2, 0) is 27.8 Å². The highest BCUT2D eigenvalue weighted by Crippen LogP contribution is 2.20. The first-order valence-electron chi connectivity index (χ1n) is 9.85. The van der Waals surface area contributed by atoms with Crippen LogP contribution in [0, 0.1) is 18.3 Å². The zero-order valence-electron chi connectivity index (χ0n) is 17.5. The van der Waals surface area contributed by atoms with Gasteiger partial charge in [0.2, 0.25) is 15.9 Å². The summed E-state index contributed by atoms with van der Waals surface area (Å²) < 4.78 is 28.7. The van der Waals surface area contributed by atoms with Crippen LogP contribution in [0.1, 0.15) is 16.7 Å². The molecule has 0 aliphatic rings. The average molecular weight is 512 g/mol. The number of amides is 1. The number of benzene rings is 3. The van der Waals surface area contributed by atoms with Gasteiger partial charge in [0.1, 0.15) is 0 Å². The Balaban J connectivity index is 1.82. The highest BCUT2D eigenvalue weighted by Gasteiger charge is 2.27. The van der Waals surface area contributed by atoms with Crippen LogP contribution in [0.4, 0.5) is 5.69 Å². The largest absolute Gasteiger partial charge is 0.325 e. The van der Waals surface area contributed by atoms with Gasteiger partial charge in [-0.3, -0.25) is 4.79 Å². The minimum absolute atomic E-state index is 0.0536. The second kappa shape index (κ2) is 10.6. The number of sulfonamides is 1. The van der Waals surface area contributed by atoms with Crippen molar-refractivity contribution in [1.82, 2.24) is 4.31 Å². The van der Waals surface area contributed by atoms with Crippen LogP contribution in [0.5, 0.6) is 0 Å². The Morgan fingerprint density at radius 2 is 1.56 bits per heavy atom. The van der Waals surface area contributed by atoms with Crippen LogP contribution in [0.2, 0.25) is 0 Å². The maximum absolute atomic E-state index is 13.3. The van der Waals surface area contributed by atoms with Crippen molar-refractivity contribution in [2.45, 2.75) is 24.8 Å². The van der Waals surface area contributed by atoms with E-state index in [1.54, 1.807) is 48.5 Å². The van der Waals surface area contributed by atoms with Crippen LogP contribution in [0.3, 0.4) is 0 Å².